The molecule has 4 heteroatoms. The van der Waals surface area contributed by atoms with E-state index in [0.29, 0.717) is 16.2 Å². The molecule has 0 aliphatic rings. The lowest BCUT2D eigenvalue weighted by atomic mass is 9.98. The Labute approximate surface area is 174 Å². The number of unbranched alkanes of at least 4 members (excludes halogenated alkanes) is 4. The monoisotopic (exact) mass is 406 g/mol. The van der Waals surface area contributed by atoms with Crippen LogP contribution in [0.25, 0.3) is 32.9 Å². The summed E-state index contributed by atoms with van der Waals surface area (Å²) in [6.07, 6.45) is 7.36. The van der Waals surface area contributed by atoms with Gasteiger partial charge in [-0.25, -0.2) is 9.18 Å². The highest BCUT2D eigenvalue weighted by molar-refractivity contribution is 6.05. The molecule has 3 aromatic carbocycles. The van der Waals surface area contributed by atoms with E-state index in [-0.39, 0.29) is 5.58 Å². The second-order valence-electron chi connectivity index (χ2n) is 7.75. The molecule has 0 aliphatic heterocycles. The molecule has 0 saturated carbocycles. The van der Waals surface area contributed by atoms with Crippen molar-refractivity contribution in [2.45, 2.75) is 45.4 Å². The van der Waals surface area contributed by atoms with E-state index in [1.165, 1.54) is 43.7 Å². The summed E-state index contributed by atoms with van der Waals surface area (Å²) in [4.78, 5) is 12.4. The van der Waals surface area contributed by atoms with Gasteiger partial charge in [0.1, 0.15) is 0 Å². The van der Waals surface area contributed by atoms with Gasteiger partial charge in [0, 0.05) is 10.8 Å². The number of benzene rings is 3. The van der Waals surface area contributed by atoms with Crippen molar-refractivity contribution in [3.63, 3.8) is 0 Å². The lowest BCUT2D eigenvalue weighted by Crippen LogP contribution is -2.02. The molecule has 0 atom stereocenters. The Bertz CT molecular complexity index is 1240. The van der Waals surface area contributed by atoms with Crippen molar-refractivity contribution in [2.24, 2.45) is 0 Å². The number of hydrogen-bond acceptors (Lipinski definition) is 2. The predicted octanol–water partition coefficient (Wildman–Crippen LogP) is 7.40. The van der Waals surface area contributed by atoms with Gasteiger partial charge >= 0.3 is 5.63 Å². The van der Waals surface area contributed by atoms with Crippen LogP contribution in [0.15, 0.2) is 63.8 Å². The minimum Gasteiger partial charge on any atom is -0.419 e. The highest BCUT2D eigenvalue weighted by Crippen LogP contribution is 2.29. The molecule has 0 saturated heterocycles. The zero-order chi connectivity index (χ0) is 21.1. The first-order chi connectivity index (χ1) is 14.6. The van der Waals surface area contributed by atoms with Gasteiger partial charge in [-0.1, -0.05) is 69.0 Å². The fourth-order valence-corrected chi connectivity index (χ4v) is 3.92. The van der Waals surface area contributed by atoms with E-state index in [2.05, 4.69) is 31.2 Å². The second-order valence-corrected chi connectivity index (χ2v) is 7.75. The largest absolute Gasteiger partial charge is 0.419 e. The number of halogens is 2. The highest BCUT2D eigenvalue weighted by Gasteiger charge is 2.15. The van der Waals surface area contributed by atoms with Crippen molar-refractivity contribution in [1.82, 2.24) is 0 Å². The molecule has 2 nitrogen and oxygen atoms in total. The normalized spacial score (nSPS) is 11.4. The molecule has 30 heavy (non-hydrogen) atoms. The van der Waals surface area contributed by atoms with Crippen LogP contribution < -0.4 is 5.63 Å². The van der Waals surface area contributed by atoms with Crippen LogP contribution in [0.5, 0.6) is 0 Å². The van der Waals surface area contributed by atoms with Gasteiger partial charge in [0.15, 0.2) is 11.4 Å². The number of rotatable bonds is 7. The van der Waals surface area contributed by atoms with E-state index in [9.17, 15) is 13.6 Å². The molecule has 4 aromatic rings. The molecule has 154 valence electrons. The van der Waals surface area contributed by atoms with E-state index in [0.717, 1.165) is 23.6 Å². The Hall–Kier alpha value is -3.01. The van der Waals surface area contributed by atoms with Crippen molar-refractivity contribution < 1.29 is 13.2 Å². The molecule has 0 bridgehead atoms. The third-order valence-corrected chi connectivity index (χ3v) is 5.63. The number of fused-ring (bicyclic) bond motifs is 3. The maximum atomic E-state index is 14.0. The van der Waals surface area contributed by atoms with Crippen LogP contribution >= 0.6 is 0 Å². The lowest BCUT2D eigenvalue weighted by molar-refractivity contribution is 0.480. The topological polar surface area (TPSA) is 30.2 Å². The van der Waals surface area contributed by atoms with Crippen LogP contribution in [-0.4, -0.2) is 0 Å². The van der Waals surface area contributed by atoms with Gasteiger partial charge < -0.3 is 4.42 Å². The average molecular weight is 406 g/mol. The van der Waals surface area contributed by atoms with Crippen LogP contribution in [0.4, 0.5) is 8.78 Å². The average Bonchev–Trinajstić information content (AvgIpc) is 2.77. The summed E-state index contributed by atoms with van der Waals surface area (Å²) in [7, 11) is 0. The molecule has 0 fully saturated rings. The minimum atomic E-state index is -1.14. The molecule has 0 aliphatic carbocycles. The fraction of sp³-hybridized carbons (Fsp3) is 0.269. The molecular formula is C26H24F2O2. The van der Waals surface area contributed by atoms with Crippen LogP contribution in [-0.2, 0) is 6.42 Å². The van der Waals surface area contributed by atoms with Gasteiger partial charge in [-0.2, -0.15) is 4.39 Å². The highest BCUT2D eigenvalue weighted by atomic mass is 19.2. The van der Waals surface area contributed by atoms with Crippen LogP contribution in [0.2, 0.25) is 0 Å². The van der Waals surface area contributed by atoms with Crippen molar-refractivity contribution in [1.29, 1.82) is 0 Å². The van der Waals surface area contributed by atoms with Crippen LogP contribution in [0, 0.1) is 11.6 Å². The quantitative estimate of drug-likeness (QED) is 0.182. The van der Waals surface area contributed by atoms with Gasteiger partial charge in [0.25, 0.3) is 0 Å². The number of aryl methyl sites for hydroxylation is 1. The Morgan fingerprint density at radius 3 is 2.23 bits per heavy atom. The summed E-state index contributed by atoms with van der Waals surface area (Å²) in [5.41, 5.74) is 2.16. The summed E-state index contributed by atoms with van der Waals surface area (Å²) < 4.78 is 32.6. The van der Waals surface area contributed by atoms with Gasteiger partial charge in [-0.15, -0.1) is 0 Å². The van der Waals surface area contributed by atoms with E-state index in [1.807, 2.05) is 6.07 Å². The molecule has 0 spiro atoms. The van der Waals surface area contributed by atoms with Crippen molar-refractivity contribution in [2.75, 3.05) is 0 Å². The Balaban J connectivity index is 1.62. The van der Waals surface area contributed by atoms with Gasteiger partial charge in [-0.05, 0) is 47.7 Å². The predicted molar refractivity (Wildman–Crippen MR) is 118 cm³/mol. The minimum absolute atomic E-state index is 0.344. The molecule has 0 unspecified atom stereocenters. The molecule has 1 aromatic heterocycles. The van der Waals surface area contributed by atoms with E-state index in [4.69, 9.17) is 4.42 Å². The van der Waals surface area contributed by atoms with Gasteiger partial charge in [-0.3, -0.25) is 0 Å². The van der Waals surface area contributed by atoms with E-state index < -0.39 is 17.3 Å². The van der Waals surface area contributed by atoms with Gasteiger partial charge in [0.05, 0.1) is 5.39 Å². The molecule has 0 radical (unpaired) electrons. The third kappa shape index (κ3) is 4.00. The third-order valence-electron chi connectivity index (χ3n) is 5.63. The first-order valence-electron chi connectivity index (χ1n) is 10.5. The zero-order valence-corrected chi connectivity index (χ0v) is 17.0. The second kappa shape index (κ2) is 8.78. The molecular weight excluding hydrogens is 382 g/mol. The summed E-state index contributed by atoms with van der Waals surface area (Å²) in [6, 6.07) is 16.3. The number of hydrogen-bond donors (Lipinski definition) is 0. The SMILES string of the molecule is CCCCCCCc1ccc(-c2ccc3c(c2)c(=O)oc2c(F)c(F)ccc23)cc1. The summed E-state index contributed by atoms with van der Waals surface area (Å²) in [5, 5.41) is 1.28. The van der Waals surface area contributed by atoms with Gasteiger partial charge in [0.2, 0.25) is 5.82 Å². The summed E-state index contributed by atoms with van der Waals surface area (Å²) in [5.74, 6) is -2.17. The maximum absolute atomic E-state index is 14.0. The van der Waals surface area contributed by atoms with Crippen molar-refractivity contribution >= 4 is 21.7 Å². The molecule has 0 N–H and O–H groups in total. The van der Waals surface area contributed by atoms with Crippen molar-refractivity contribution in [3.8, 4) is 11.1 Å². The Morgan fingerprint density at radius 1 is 0.767 bits per heavy atom. The smallest absolute Gasteiger partial charge is 0.344 e. The Kier molecular flexibility index (Phi) is 5.93. The molecule has 0 amide bonds. The first kappa shape index (κ1) is 20.3. The first-order valence-corrected chi connectivity index (χ1v) is 10.5. The lowest BCUT2D eigenvalue weighted by Gasteiger charge is -2.08. The Morgan fingerprint density at radius 2 is 1.47 bits per heavy atom. The standard InChI is InChI=1S/C26H24F2O2/c1-2-3-4-5-6-7-17-8-10-18(11-9-17)19-12-13-20-21-14-15-23(27)24(28)25(21)30-26(29)22(20)16-19/h8-16H,2-7H2,1H3. The fourth-order valence-electron chi connectivity index (χ4n) is 3.92. The van der Waals surface area contributed by atoms with E-state index in [1.54, 1.807) is 12.1 Å². The maximum Gasteiger partial charge on any atom is 0.344 e. The van der Waals surface area contributed by atoms with Crippen molar-refractivity contribution in [3.05, 3.63) is 82.2 Å². The molecule has 1 heterocycles. The van der Waals surface area contributed by atoms with Crippen LogP contribution in [0.3, 0.4) is 0 Å². The zero-order valence-electron chi connectivity index (χ0n) is 17.0. The molecule has 4 rings (SSSR count). The van der Waals surface area contributed by atoms with E-state index >= 15 is 0 Å². The van der Waals surface area contributed by atoms with Crippen LogP contribution in [0.1, 0.15) is 44.6 Å². The summed E-state index contributed by atoms with van der Waals surface area (Å²) >= 11 is 0. The summed E-state index contributed by atoms with van der Waals surface area (Å²) in [6.45, 7) is 2.22.